The van der Waals surface area contributed by atoms with Crippen molar-refractivity contribution in [2.45, 2.75) is 71.3 Å². The van der Waals surface area contributed by atoms with E-state index in [0.717, 1.165) is 0 Å². The van der Waals surface area contributed by atoms with Crippen molar-refractivity contribution < 1.29 is 36.2 Å². The molecule has 0 bridgehead atoms. The number of alkyl halides is 5. The maximum absolute atomic E-state index is 13.2. The third-order valence-electron chi connectivity index (χ3n) is 4.81. The highest BCUT2D eigenvalue weighted by molar-refractivity contribution is 5.41. The molecule has 0 amide bonds. The van der Waals surface area contributed by atoms with E-state index in [1.54, 1.807) is 38.1 Å². The number of hydrogen-bond donors (Lipinski definition) is 1. The van der Waals surface area contributed by atoms with Crippen molar-refractivity contribution in [3.05, 3.63) is 24.3 Å². The first kappa shape index (κ1) is 26.4. The van der Waals surface area contributed by atoms with Crippen molar-refractivity contribution in [3.8, 4) is 5.75 Å². The lowest BCUT2D eigenvalue weighted by Crippen LogP contribution is -2.43. The van der Waals surface area contributed by atoms with Gasteiger partial charge in [0.1, 0.15) is 12.4 Å². The minimum Gasteiger partial charge on any atom is -0.491 e. The summed E-state index contributed by atoms with van der Waals surface area (Å²) < 4.78 is 80.2. The lowest BCUT2D eigenvalue weighted by Gasteiger charge is -2.36. The first-order chi connectivity index (χ1) is 13.6. The monoisotopic (exact) mass is 441 g/mol. The summed E-state index contributed by atoms with van der Waals surface area (Å²) in [6.45, 7) is 7.22. The van der Waals surface area contributed by atoms with Crippen LogP contribution in [-0.2, 0) is 9.47 Å². The summed E-state index contributed by atoms with van der Waals surface area (Å²) in [5.41, 5.74) is 4.90. The van der Waals surface area contributed by atoms with E-state index in [0.29, 0.717) is 24.3 Å². The zero-order valence-electron chi connectivity index (χ0n) is 18.1. The van der Waals surface area contributed by atoms with Gasteiger partial charge >= 0.3 is 12.1 Å². The van der Waals surface area contributed by atoms with Crippen molar-refractivity contribution in [2.24, 2.45) is 5.41 Å². The predicted octanol–water partition coefficient (Wildman–Crippen LogP) is 5.85. The second-order valence-corrected chi connectivity index (χ2v) is 8.61. The van der Waals surface area contributed by atoms with Gasteiger partial charge in [-0.3, -0.25) is 0 Å². The lowest BCUT2D eigenvalue weighted by atomic mass is 9.86. The molecule has 0 aliphatic rings. The van der Waals surface area contributed by atoms with E-state index < -0.39 is 29.7 Å². The van der Waals surface area contributed by atoms with Gasteiger partial charge in [0.2, 0.25) is 0 Å². The number of nitrogens with two attached hydrogens (primary N) is 1. The Hall–Kier alpha value is -1.61. The molecule has 0 saturated carbocycles. The van der Waals surface area contributed by atoms with Gasteiger partial charge in [0.15, 0.2) is 0 Å². The Bertz CT molecular complexity index is 649. The second kappa shape index (κ2) is 10.1. The van der Waals surface area contributed by atoms with Crippen molar-refractivity contribution >= 4 is 5.69 Å². The molecule has 0 spiro atoms. The maximum Gasteiger partial charge on any atom is 0.455 e. The highest BCUT2D eigenvalue weighted by Gasteiger charge is 2.57. The van der Waals surface area contributed by atoms with E-state index >= 15 is 0 Å². The summed E-state index contributed by atoms with van der Waals surface area (Å²) in [6.07, 6.45) is -5.02. The molecule has 4 nitrogen and oxygen atoms in total. The molecule has 1 rings (SSSR count). The fraction of sp³-hybridized carbons (Fsp3) is 0.714. The molecule has 30 heavy (non-hydrogen) atoms. The van der Waals surface area contributed by atoms with Crippen LogP contribution in [0.5, 0.6) is 5.75 Å². The molecule has 0 aliphatic carbocycles. The van der Waals surface area contributed by atoms with E-state index in [1.165, 1.54) is 0 Å². The van der Waals surface area contributed by atoms with Crippen molar-refractivity contribution in [1.82, 2.24) is 0 Å². The zero-order chi connectivity index (χ0) is 23.2. The normalized spacial score (nSPS) is 16.2. The fourth-order valence-electron chi connectivity index (χ4n) is 2.65. The Labute approximate surface area is 174 Å². The number of rotatable bonds is 12. The third-order valence-corrected chi connectivity index (χ3v) is 4.81. The first-order valence-electron chi connectivity index (χ1n) is 9.78. The van der Waals surface area contributed by atoms with Gasteiger partial charge in [-0.2, -0.15) is 22.0 Å². The molecule has 1 aromatic carbocycles. The Kier molecular flexibility index (Phi) is 8.92. The molecule has 9 heteroatoms. The van der Waals surface area contributed by atoms with Gasteiger partial charge in [-0.15, -0.1) is 0 Å². The summed E-state index contributed by atoms with van der Waals surface area (Å²) in [5, 5.41) is 0. The molecule has 0 saturated heterocycles. The Morgan fingerprint density at radius 2 is 1.50 bits per heavy atom. The van der Waals surface area contributed by atoms with Crippen LogP contribution in [0.1, 0.15) is 47.5 Å². The molecule has 2 atom stereocenters. The van der Waals surface area contributed by atoms with Gasteiger partial charge in [0, 0.05) is 11.1 Å². The van der Waals surface area contributed by atoms with Gasteiger partial charge in [-0.05, 0) is 57.9 Å². The largest absolute Gasteiger partial charge is 0.491 e. The molecule has 174 valence electrons. The minimum atomic E-state index is -5.66. The molecular formula is C21H32F5NO3. The van der Waals surface area contributed by atoms with Crippen molar-refractivity contribution in [3.63, 3.8) is 0 Å². The van der Waals surface area contributed by atoms with Gasteiger partial charge in [0.25, 0.3) is 0 Å². The minimum absolute atomic E-state index is 0.112. The van der Waals surface area contributed by atoms with Crippen LogP contribution in [-0.4, -0.2) is 43.6 Å². The summed E-state index contributed by atoms with van der Waals surface area (Å²) in [6, 6.07) is 6.74. The Balaban J connectivity index is 2.81. The quantitative estimate of drug-likeness (QED) is 0.326. The average molecular weight is 441 g/mol. The van der Waals surface area contributed by atoms with Crippen LogP contribution in [0.4, 0.5) is 27.6 Å². The highest BCUT2D eigenvalue weighted by atomic mass is 19.4. The predicted molar refractivity (Wildman–Crippen MR) is 106 cm³/mol. The fourth-order valence-corrected chi connectivity index (χ4v) is 2.65. The number of halogens is 5. The Morgan fingerprint density at radius 1 is 0.933 bits per heavy atom. The van der Waals surface area contributed by atoms with Crippen LogP contribution >= 0.6 is 0 Å². The summed E-state index contributed by atoms with van der Waals surface area (Å²) in [4.78, 5) is 0. The molecule has 1 aromatic rings. The molecule has 0 heterocycles. The molecular weight excluding hydrogens is 409 g/mol. The zero-order valence-corrected chi connectivity index (χ0v) is 18.1. The van der Waals surface area contributed by atoms with Crippen molar-refractivity contribution in [1.29, 1.82) is 0 Å². The van der Waals surface area contributed by atoms with E-state index in [4.69, 9.17) is 19.9 Å². The van der Waals surface area contributed by atoms with Crippen LogP contribution in [0.2, 0.25) is 0 Å². The van der Waals surface area contributed by atoms with Crippen LogP contribution < -0.4 is 10.5 Å². The smallest absolute Gasteiger partial charge is 0.455 e. The molecule has 2 unspecified atom stereocenters. The van der Waals surface area contributed by atoms with Gasteiger partial charge in [-0.25, -0.2) is 0 Å². The number of ether oxygens (including phenoxy) is 3. The van der Waals surface area contributed by atoms with Crippen LogP contribution in [0, 0.1) is 5.41 Å². The van der Waals surface area contributed by atoms with Gasteiger partial charge in [-0.1, -0.05) is 13.8 Å². The standard InChI is InChI=1S/C21H32F5NO3/c1-6-18(3,4)29-13-19(5,12-28-14-20(22,23)21(24,25)26)11-15(2)30-17-9-7-16(27)8-10-17/h7-10,15H,6,11-14,27H2,1-5H3. The van der Waals surface area contributed by atoms with E-state index in [-0.39, 0.29) is 19.3 Å². The molecule has 0 fully saturated rings. The van der Waals surface area contributed by atoms with Crippen LogP contribution in [0.15, 0.2) is 24.3 Å². The van der Waals surface area contributed by atoms with Crippen molar-refractivity contribution in [2.75, 3.05) is 25.6 Å². The topological polar surface area (TPSA) is 53.7 Å². The highest BCUT2D eigenvalue weighted by Crippen LogP contribution is 2.36. The number of hydrogen-bond acceptors (Lipinski definition) is 4. The maximum atomic E-state index is 13.2. The molecule has 0 aliphatic heterocycles. The summed E-state index contributed by atoms with van der Waals surface area (Å²) >= 11 is 0. The lowest BCUT2D eigenvalue weighted by molar-refractivity contribution is -0.298. The number of benzene rings is 1. The van der Waals surface area contributed by atoms with Crippen LogP contribution in [0.3, 0.4) is 0 Å². The number of nitrogen functional groups attached to an aromatic ring is 1. The Morgan fingerprint density at radius 3 is 2.00 bits per heavy atom. The molecule has 2 N–H and O–H groups in total. The van der Waals surface area contributed by atoms with Gasteiger partial charge < -0.3 is 19.9 Å². The summed E-state index contributed by atoms with van der Waals surface area (Å²) in [7, 11) is 0. The molecule has 0 aromatic heterocycles. The van der Waals surface area contributed by atoms with Gasteiger partial charge in [0.05, 0.1) is 24.9 Å². The number of anilines is 1. The molecule has 0 radical (unpaired) electrons. The van der Waals surface area contributed by atoms with Crippen LogP contribution in [0.25, 0.3) is 0 Å². The summed E-state index contributed by atoms with van der Waals surface area (Å²) in [5.74, 6) is -4.35. The second-order valence-electron chi connectivity index (χ2n) is 8.61. The average Bonchev–Trinajstić information content (AvgIpc) is 2.61. The van der Waals surface area contributed by atoms with E-state index in [9.17, 15) is 22.0 Å². The first-order valence-corrected chi connectivity index (χ1v) is 9.78. The SMILES string of the molecule is CCC(C)(C)OCC(C)(COCC(F)(F)C(F)(F)F)CC(C)Oc1ccc(N)cc1. The van der Waals surface area contributed by atoms with E-state index in [2.05, 4.69) is 0 Å². The van der Waals surface area contributed by atoms with E-state index in [1.807, 2.05) is 20.8 Å². The third kappa shape index (κ3) is 8.63.